The number of hydrogen-bond donors (Lipinski definition) is 0. The lowest BCUT2D eigenvalue weighted by Gasteiger charge is -2.26. The third-order valence-corrected chi connectivity index (χ3v) is 3.56. The molecule has 0 aliphatic carbocycles. The summed E-state index contributed by atoms with van der Waals surface area (Å²) in [6.07, 6.45) is 0. The van der Waals surface area contributed by atoms with Crippen molar-refractivity contribution in [2.45, 2.75) is 20.8 Å². The van der Waals surface area contributed by atoms with Crippen LogP contribution in [0, 0.1) is 20.8 Å². The predicted molar refractivity (Wildman–Crippen MR) is 72.4 cm³/mol. The highest BCUT2D eigenvalue weighted by atomic mass is 16.5. The lowest BCUT2D eigenvalue weighted by molar-refractivity contribution is -0.141. The van der Waals surface area contributed by atoms with Crippen molar-refractivity contribution in [1.82, 2.24) is 4.90 Å². The van der Waals surface area contributed by atoms with Gasteiger partial charge in [-0.3, -0.25) is 9.59 Å². The second-order valence-electron chi connectivity index (χ2n) is 5.04. The highest BCUT2D eigenvalue weighted by molar-refractivity contribution is 6.00. The Balaban J connectivity index is 2.16. The topological polar surface area (TPSA) is 46.6 Å². The molecule has 0 unspecified atom stereocenters. The van der Waals surface area contributed by atoms with Crippen molar-refractivity contribution in [2.75, 3.05) is 26.3 Å². The molecule has 2 rings (SSSR count). The van der Waals surface area contributed by atoms with Crippen LogP contribution in [0.4, 0.5) is 0 Å². The lowest BCUT2D eigenvalue weighted by Crippen LogP contribution is -2.44. The number of nitrogens with zero attached hydrogens (tertiary/aromatic N) is 1. The molecule has 1 fully saturated rings. The van der Waals surface area contributed by atoms with Crippen LogP contribution in [0.1, 0.15) is 27.0 Å². The second-order valence-corrected chi connectivity index (χ2v) is 5.04. The fourth-order valence-corrected chi connectivity index (χ4v) is 2.24. The molecular weight excluding hydrogens is 242 g/mol. The van der Waals surface area contributed by atoms with Gasteiger partial charge in [-0.05, 0) is 43.5 Å². The van der Waals surface area contributed by atoms with Crippen molar-refractivity contribution in [1.29, 1.82) is 0 Å². The number of hydrogen-bond acceptors (Lipinski definition) is 3. The summed E-state index contributed by atoms with van der Waals surface area (Å²) in [4.78, 5) is 25.5. The standard InChI is InChI=1S/C15H19NO3/c1-10-6-12(3)13(7-11(10)2)14(17)8-16-4-5-19-9-15(16)18/h6-7H,4-5,8-9H2,1-3H3. The number of rotatable bonds is 3. The van der Waals surface area contributed by atoms with Crippen LogP contribution in [0.2, 0.25) is 0 Å². The van der Waals surface area contributed by atoms with Crippen LogP contribution in [0.3, 0.4) is 0 Å². The maximum Gasteiger partial charge on any atom is 0.249 e. The van der Waals surface area contributed by atoms with Crippen molar-refractivity contribution in [3.05, 3.63) is 34.4 Å². The fraction of sp³-hybridized carbons (Fsp3) is 0.467. The second kappa shape index (κ2) is 5.53. The number of aryl methyl sites for hydroxylation is 3. The molecule has 19 heavy (non-hydrogen) atoms. The number of Topliss-reactive ketones (excluding diaryl/α,β-unsaturated/α-hetero) is 1. The third kappa shape index (κ3) is 3.01. The maximum atomic E-state index is 12.3. The van der Waals surface area contributed by atoms with E-state index >= 15 is 0 Å². The zero-order chi connectivity index (χ0) is 14.0. The summed E-state index contributed by atoms with van der Waals surface area (Å²) in [5, 5.41) is 0. The monoisotopic (exact) mass is 261 g/mol. The number of benzene rings is 1. The average Bonchev–Trinajstić information content (AvgIpc) is 2.36. The van der Waals surface area contributed by atoms with E-state index in [1.165, 1.54) is 5.56 Å². The van der Waals surface area contributed by atoms with Crippen molar-refractivity contribution in [2.24, 2.45) is 0 Å². The summed E-state index contributed by atoms with van der Waals surface area (Å²) < 4.78 is 5.06. The molecule has 0 atom stereocenters. The van der Waals surface area contributed by atoms with Gasteiger partial charge in [-0.2, -0.15) is 0 Å². The molecule has 1 aromatic carbocycles. The molecule has 0 saturated carbocycles. The van der Waals surface area contributed by atoms with Gasteiger partial charge in [0.25, 0.3) is 0 Å². The molecular formula is C15H19NO3. The van der Waals surface area contributed by atoms with Gasteiger partial charge in [0.15, 0.2) is 5.78 Å². The van der Waals surface area contributed by atoms with Crippen LogP contribution in [-0.4, -0.2) is 42.9 Å². The van der Waals surface area contributed by atoms with E-state index in [2.05, 4.69) is 0 Å². The Morgan fingerprint density at radius 3 is 2.58 bits per heavy atom. The molecule has 4 heteroatoms. The van der Waals surface area contributed by atoms with Crippen LogP contribution in [-0.2, 0) is 9.53 Å². The number of amides is 1. The van der Waals surface area contributed by atoms with Crippen molar-refractivity contribution in [3.8, 4) is 0 Å². The molecule has 1 aromatic rings. The first-order valence-corrected chi connectivity index (χ1v) is 6.45. The molecule has 0 bridgehead atoms. The summed E-state index contributed by atoms with van der Waals surface area (Å²) >= 11 is 0. The van der Waals surface area contributed by atoms with Gasteiger partial charge in [-0.1, -0.05) is 6.07 Å². The Morgan fingerprint density at radius 1 is 1.21 bits per heavy atom. The Morgan fingerprint density at radius 2 is 1.89 bits per heavy atom. The number of carbonyl (C=O) groups excluding carboxylic acids is 2. The largest absolute Gasteiger partial charge is 0.370 e. The molecule has 1 aliphatic heterocycles. The SMILES string of the molecule is Cc1cc(C)c(C(=O)CN2CCOCC2=O)cc1C. The molecule has 4 nitrogen and oxygen atoms in total. The van der Waals surface area contributed by atoms with Crippen LogP contribution < -0.4 is 0 Å². The van der Waals surface area contributed by atoms with E-state index in [1.54, 1.807) is 4.90 Å². The number of morpholine rings is 1. The minimum Gasteiger partial charge on any atom is -0.370 e. The van der Waals surface area contributed by atoms with Gasteiger partial charge in [0.05, 0.1) is 13.2 Å². The van der Waals surface area contributed by atoms with Crippen LogP contribution in [0.15, 0.2) is 12.1 Å². The zero-order valence-electron chi connectivity index (χ0n) is 11.7. The molecule has 1 saturated heterocycles. The van der Waals surface area contributed by atoms with Crippen LogP contribution >= 0.6 is 0 Å². The fourth-order valence-electron chi connectivity index (χ4n) is 2.24. The molecule has 0 aromatic heterocycles. The Labute approximate surface area is 113 Å². The van der Waals surface area contributed by atoms with E-state index in [1.807, 2.05) is 32.9 Å². The van der Waals surface area contributed by atoms with Gasteiger partial charge < -0.3 is 9.64 Å². The molecule has 1 heterocycles. The molecule has 0 spiro atoms. The van der Waals surface area contributed by atoms with Crippen molar-refractivity contribution >= 4 is 11.7 Å². The van der Waals surface area contributed by atoms with Crippen molar-refractivity contribution < 1.29 is 14.3 Å². The first-order chi connectivity index (χ1) is 8.99. The zero-order valence-corrected chi connectivity index (χ0v) is 11.7. The number of ether oxygens (including phenoxy) is 1. The van der Waals surface area contributed by atoms with Gasteiger partial charge in [0.1, 0.15) is 6.61 Å². The van der Waals surface area contributed by atoms with Crippen molar-refractivity contribution in [3.63, 3.8) is 0 Å². The summed E-state index contributed by atoms with van der Waals surface area (Å²) in [7, 11) is 0. The maximum absolute atomic E-state index is 12.3. The van der Waals surface area contributed by atoms with Gasteiger partial charge >= 0.3 is 0 Å². The van der Waals surface area contributed by atoms with E-state index in [0.717, 1.165) is 11.1 Å². The van der Waals surface area contributed by atoms with Gasteiger partial charge in [-0.25, -0.2) is 0 Å². The molecule has 1 amide bonds. The van der Waals surface area contributed by atoms with E-state index in [9.17, 15) is 9.59 Å². The van der Waals surface area contributed by atoms with E-state index in [-0.39, 0.29) is 24.8 Å². The minimum absolute atomic E-state index is 0.00384. The molecule has 0 radical (unpaired) electrons. The van der Waals surface area contributed by atoms with E-state index < -0.39 is 0 Å². The number of ketones is 1. The third-order valence-electron chi connectivity index (χ3n) is 3.56. The Bertz CT molecular complexity index is 522. The van der Waals surface area contributed by atoms with Gasteiger partial charge in [0.2, 0.25) is 5.91 Å². The average molecular weight is 261 g/mol. The summed E-state index contributed by atoms with van der Waals surface area (Å²) in [5.74, 6) is -0.114. The van der Waals surface area contributed by atoms with Gasteiger partial charge in [-0.15, -0.1) is 0 Å². The Kier molecular flexibility index (Phi) is 4.00. The van der Waals surface area contributed by atoms with Crippen LogP contribution in [0.5, 0.6) is 0 Å². The molecule has 1 aliphatic rings. The molecule has 102 valence electrons. The first kappa shape index (κ1) is 13.7. The molecule has 0 N–H and O–H groups in total. The normalized spacial score (nSPS) is 15.7. The van der Waals surface area contributed by atoms with E-state index in [4.69, 9.17) is 4.74 Å². The van der Waals surface area contributed by atoms with Gasteiger partial charge in [0, 0.05) is 12.1 Å². The first-order valence-electron chi connectivity index (χ1n) is 6.45. The summed E-state index contributed by atoms with van der Waals surface area (Å²) in [5.41, 5.74) is 3.95. The quantitative estimate of drug-likeness (QED) is 0.777. The minimum atomic E-state index is -0.110. The summed E-state index contributed by atoms with van der Waals surface area (Å²) in [6.45, 7) is 7.18. The Hall–Kier alpha value is -1.68. The summed E-state index contributed by atoms with van der Waals surface area (Å²) in [6, 6.07) is 3.93. The predicted octanol–water partition coefficient (Wildman–Crippen LogP) is 1.65. The number of carbonyl (C=O) groups is 2. The smallest absolute Gasteiger partial charge is 0.249 e. The van der Waals surface area contributed by atoms with E-state index in [0.29, 0.717) is 18.7 Å². The highest BCUT2D eigenvalue weighted by Gasteiger charge is 2.22. The van der Waals surface area contributed by atoms with Crippen LogP contribution in [0.25, 0.3) is 0 Å². The highest BCUT2D eigenvalue weighted by Crippen LogP contribution is 2.16. The lowest BCUT2D eigenvalue weighted by atomic mass is 9.98.